The van der Waals surface area contributed by atoms with Crippen molar-refractivity contribution in [3.8, 4) is 0 Å². The lowest BCUT2D eigenvalue weighted by atomic mass is 10.1. The van der Waals surface area contributed by atoms with Gasteiger partial charge in [0.1, 0.15) is 0 Å². The van der Waals surface area contributed by atoms with Crippen LogP contribution in [0.5, 0.6) is 0 Å². The first kappa shape index (κ1) is 10.7. The standard InChI is InChI=1S/C9H8N2O2.ClH/c10-4-5-1-2-6-7(3-5)9(13)11-8(6)12;/h1-3H,4,10H2,(H,11,12,13);1H. The second-order valence-electron chi connectivity index (χ2n) is 2.87. The van der Waals surface area contributed by atoms with E-state index in [0.29, 0.717) is 17.7 Å². The molecule has 0 spiro atoms. The topological polar surface area (TPSA) is 72.2 Å². The van der Waals surface area contributed by atoms with E-state index in [9.17, 15) is 9.59 Å². The van der Waals surface area contributed by atoms with Crippen LogP contribution in [0.2, 0.25) is 0 Å². The van der Waals surface area contributed by atoms with E-state index in [2.05, 4.69) is 5.32 Å². The highest BCUT2D eigenvalue weighted by Gasteiger charge is 2.26. The number of imide groups is 1. The van der Waals surface area contributed by atoms with Crippen molar-refractivity contribution in [3.63, 3.8) is 0 Å². The van der Waals surface area contributed by atoms with Crippen LogP contribution in [-0.2, 0) is 6.54 Å². The van der Waals surface area contributed by atoms with Crippen molar-refractivity contribution >= 4 is 24.2 Å². The molecule has 5 heteroatoms. The molecule has 0 unspecified atom stereocenters. The van der Waals surface area contributed by atoms with E-state index in [4.69, 9.17) is 5.73 Å². The van der Waals surface area contributed by atoms with Crippen molar-refractivity contribution < 1.29 is 9.59 Å². The van der Waals surface area contributed by atoms with Gasteiger partial charge in [-0.3, -0.25) is 14.9 Å². The van der Waals surface area contributed by atoms with E-state index in [1.165, 1.54) is 0 Å². The maximum absolute atomic E-state index is 11.2. The second kappa shape index (κ2) is 3.77. The molecule has 0 radical (unpaired) electrons. The molecule has 3 N–H and O–H groups in total. The van der Waals surface area contributed by atoms with Crippen LogP contribution < -0.4 is 11.1 Å². The lowest BCUT2D eigenvalue weighted by molar-refractivity contribution is 0.0879. The van der Waals surface area contributed by atoms with Crippen molar-refractivity contribution in [1.82, 2.24) is 5.32 Å². The van der Waals surface area contributed by atoms with Crippen molar-refractivity contribution in [3.05, 3.63) is 34.9 Å². The maximum atomic E-state index is 11.2. The van der Waals surface area contributed by atoms with Gasteiger partial charge in [-0.25, -0.2) is 0 Å². The fourth-order valence-electron chi connectivity index (χ4n) is 1.34. The smallest absolute Gasteiger partial charge is 0.258 e. The molecule has 1 aromatic rings. The molecule has 1 aliphatic rings. The quantitative estimate of drug-likeness (QED) is 0.664. The molecule has 0 aromatic heterocycles. The second-order valence-corrected chi connectivity index (χ2v) is 2.87. The Morgan fingerprint density at radius 2 is 1.79 bits per heavy atom. The molecule has 74 valence electrons. The Kier molecular flexibility index (Phi) is 2.88. The van der Waals surface area contributed by atoms with Gasteiger partial charge in [-0.1, -0.05) is 6.07 Å². The zero-order chi connectivity index (χ0) is 9.42. The summed E-state index contributed by atoms with van der Waals surface area (Å²) in [6.45, 7) is 0.370. The summed E-state index contributed by atoms with van der Waals surface area (Å²) in [5.74, 6) is -0.668. The molecule has 1 heterocycles. The lowest BCUT2D eigenvalue weighted by Gasteiger charge is -1.97. The fourth-order valence-corrected chi connectivity index (χ4v) is 1.34. The molecular weight excluding hydrogens is 204 g/mol. The molecule has 1 aromatic carbocycles. The highest BCUT2D eigenvalue weighted by molar-refractivity contribution is 6.21. The minimum absolute atomic E-state index is 0. The molecule has 0 saturated carbocycles. The van der Waals surface area contributed by atoms with E-state index >= 15 is 0 Å². The van der Waals surface area contributed by atoms with E-state index in [1.54, 1.807) is 18.2 Å². The SMILES string of the molecule is Cl.NCc1ccc2c(c1)C(=O)NC2=O. The van der Waals surface area contributed by atoms with Crippen LogP contribution in [0, 0.1) is 0 Å². The van der Waals surface area contributed by atoms with Crippen LogP contribution in [-0.4, -0.2) is 11.8 Å². The Hall–Kier alpha value is -1.39. The number of nitrogens with one attached hydrogen (secondary N) is 1. The summed E-state index contributed by atoms with van der Waals surface area (Å²) in [5.41, 5.74) is 7.11. The third-order valence-corrected chi connectivity index (χ3v) is 2.04. The van der Waals surface area contributed by atoms with Gasteiger partial charge in [0.2, 0.25) is 0 Å². The third-order valence-electron chi connectivity index (χ3n) is 2.04. The van der Waals surface area contributed by atoms with E-state index < -0.39 is 0 Å². The predicted octanol–water partition coefficient (Wildman–Crippen LogP) is 0.451. The molecule has 4 nitrogen and oxygen atoms in total. The largest absolute Gasteiger partial charge is 0.326 e. The number of benzene rings is 1. The average molecular weight is 213 g/mol. The van der Waals surface area contributed by atoms with Gasteiger partial charge in [0.05, 0.1) is 11.1 Å². The molecule has 2 amide bonds. The summed E-state index contributed by atoms with van der Waals surface area (Å²) in [6.07, 6.45) is 0. The normalized spacial score (nSPS) is 13.2. The molecule has 1 aliphatic heterocycles. The zero-order valence-corrected chi connectivity index (χ0v) is 8.06. The van der Waals surface area contributed by atoms with Crippen molar-refractivity contribution in [2.24, 2.45) is 5.73 Å². The number of hydrogen-bond donors (Lipinski definition) is 2. The highest BCUT2D eigenvalue weighted by atomic mass is 35.5. The first-order valence-electron chi connectivity index (χ1n) is 3.91. The van der Waals surface area contributed by atoms with Gasteiger partial charge in [0.25, 0.3) is 11.8 Å². The van der Waals surface area contributed by atoms with Gasteiger partial charge in [0.15, 0.2) is 0 Å². The molecule has 0 aliphatic carbocycles. The number of nitrogens with two attached hydrogens (primary N) is 1. The number of rotatable bonds is 1. The number of carbonyl (C=O) groups excluding carboxylic acids is 2. The molecule has 2 rings (SSSR count). The van der Waals surface area contributed by atoms with Crippen molar-refractivity contribution in [2.45, 2.75) is 6.54 Å². The van der Waals surface area contributed by atoms with Gasteiger partial charge < -0.3 is 5.73 Å². The van der Waals surface area contributed by atoms with Crippen LogP contribution in [0.4, 0.5) is 0 Å². The Balaban J connectivity index is 0.000000980. The zero-order valence-electron chi connectivity index (χ0n) is 7.24. The van der Waals surface area contributed by atoms with Crippen LogP contribution in [0.1, 0.15) is 26.3 Å². The molecule has 0 fully saturated rings. The van der Waals surface area contributed by atoms with E-state index in [-0.39, 0.29) is 24.2 Å². The Bertz CT molecular complexity index is 404. The van der Waals surface area contributed by atoms with E-state index in [0.717, 1.165) is 5.56 Å². The average Bonchev–Trinajstić information content (AvgIpc) is 2.42. The third kappa shape index (κ3) is 1.49. The summed E-state index contributed by atoms with van der Waals surface area (Å²) in [6, 6.07) is 5.02. The molecule has 0 bridgehead atoms. The first-order valence-corrected chi connectivity index (χ1v) is 3.91. The summed E-state index contributed by atoms with van der Waals surface area (Å²) in [4.78, 5) is 22.3. The minimum atomic E-state index is -0.338. The maximum Gasteiger partial charge on any atom is 0.258 e. The Morgan fingerprint density at radius 1 is 1.14 bits per heavy atom. The highest BCUT2D eigenvalue weighted by Crippen LogP contribution is 2.16. The monoisotopic (exact) mass is 212 g/mol. The summed E-state index contributed by atoms with van der Waals surface area (Å²) in [5, 5.41) is 2.21. The molecule has 0 atom stereocenters. The van der Waals surface area contributed by atoms with Gasteiger partial charge in [0, 0.05) is 6.54 Å². The summed E-state index contributed by atoms with van der Waals surface area (Å²) in [7, 11) is 0. The Morgan fingerprint density at radius 3 is 2.43 bits per heavy atom. The van der Waals surface area contributed by atoms with Crippen LogP contribution in [0.3, 0.4) is 0 Å². The number of fused-ring (bicyclic) bond motifs is 1. The number of halogens is 1. The predicted molar refractivity (Wildman–Crippen MR) is 53.4 cm³/mol. The van der Waals surface area contributed by atoms with Gasteiger partial charge >= 0.3 is 0 Å². The minimum Gasteiger partial charge on any atom is -0.326 e. The van der Waals surface area contributed by atoms with Crippen LogP contribution in [0.25, 0.3) is 0 Å². The molecule has 14 heavy (non-hydrogen) atoms. The lowest BCUT2D eigenvalue weighted by Crippen LogP contribution is -2.19. The number of hydrogen-bond acceptors (Lipinski definition) is 3. The van der Waals surface area contributed by atoms with Gasteiger partial charge in [-0.2, -0.15) is 0 Å². The van der Waals surface area contributed by atoms with Gasteiger partial charge in [-0.05, 0) is 17.7 Å². The van der Waals surface area contributed by atoms with E-state index in [1.807, 2.05) is 0 Å². The molecule has 0 saturated heterocycles. The van der Waals surface area contributed by atoms with Gasteiger partial charge in [-0.15, -0.1) is 12.4 Å². The van der Waals surface area contributed by atoms with Crippen molar-refractivity contribution in [2.75, 3.05) is 0 Å². The fraction of sp³-hybridized carbons (Fsp3) is 0.111. The Labute approximate surface area is 86.9 Å². The van der Waals surface area contributed by atoms with Crippen LogP contribution in [0.15, 0.2) is 18.2 Å². The number of amides is 2. The molecular formula is C9H9ClN2O2. The first-order chi connectivity index (χ1) is 6.22. The van der Waals surface area contributed by atoms with Crippen LogP contribution >= 0.6 is 12.4 Å². The number of carbonyl (C=O) groups is 2. The van der Waals surface area contributed by atoms with Crippen molar-refractivity contribution in [1.29, 1.82) is 0 Å². The summed E-state index contributed by atoms with van der Waals surface area (Å²) >= 11 is 0. The summed E-state index contributed by atoms with van der Waals surface area (Å²) < 4.78 is 0.